The molecule has 1 saturated heterocycles. The largest absolute Gasteiger partial charge is 0.364 e. The summed E-state index contributed by atoms with van der Waals surface area (Å²) >= 11 is 1.95. The molecule has 0 radical (unpaired) electrons. The second-order valence-electron chi connectivity index (χ2n) is 5.80. The van der Waals surface area contributed by atoms with Crippen molar-refractivity contribution in [3.05, 3.63) is 10.6 Å². The zero-order chi connectivity index (χ0) is 14.4. The Morgan fingerprint density at radius 2 is 2.00 bits per heavy atom. The number of carbonyl (C=O) groups excluding carboxylic acids is 1. The lowest BCUT2D eigenvalue weighted by Crippen LogP contribution is -2.34. The maximum atomic E-state index is 11.7. The van der Waals surface area contributed by atoms with E-state index in [9.17, 15) is 4.79 Å². The van der Waals surface area contributed by atoms with Gasteiger partial charge in [0.1, 0.15) is 0 Å². The molecule has 1 aliphatic rings. The van der Waals surface area contributed by atoms with Gasteiger partial charge in [0.25, 0.3) is 0 Å². The fraction of sp³-hybridized carbons (Fsp3) is 0.800. The summed E-state index contributed by atoms with van der Waals surface area (Å²) in [5.41, 5.74) is 1.36. The van der Waals surface area contributed by atoms with Crippen molar-refractivity contribution in [2.75, 3.05) is 12.3 Å². The molecule has 0 saturated carbocycles. The number of rotatable bonds is 5. The van der Waals surface area contributed by atoms with Crippen LogP contribution in [0.3, 0.4) is 0 Å². The number of allylic oxidation sites excluding steroid dienone is 1. The van der Waals surface area contributed by atoms with Gasteiger partial charge in [-0.05, 0) is 53.0 Å². The zero-order valence-electron chi connectivity index (χ0n) is 13.0. The summed E-state index contributed by atoms with van der Waals surface area (Å²) in [4.78, 5) is 14.2. The molecule has 4 heteroatoms. The number of nitrogens with one attached hydrogen (secondary N) is 1. The lowest BCUT2D eigenvalue weighted by Gasteiger charge is -2.36. The predicted octanol–water partition coefficient (Wildman–Crippen LogP) is 3.37. The van der Waals surface area contributed by atoms with Gasteiger partial charge in [0.2, 0.25) is 5.91 Å². The first kappa shape index (κ1) is 16.4. The summed E-state index contributed by atoms with van der Waals surface area (Å²) < 4.78 is 0. The van der Waals surface area contributed by atoms with Crippen LogP contribution >= 0.6 is 11.8 Å². The molecule has 19 heavy (non-hydrogen) atoms. The second-order valence-corrected chi connectivity index (χ2v) is 6.88. The van der Waals surface area contributed by atoms with Gasteiger partial charge in [-0.2, -0.15) is 0 Å². The Morgan fingerprint density at radius 1 is 1.32 bits per heavy atom. The Labute approximate surface area is 122 Å². The molecule has 3 nitrogen and oxygen atoms in total. The number of thioether (sulfide) groups is 1. The van der Waals surface area contributed by atoms with Gasteiger partial charge in [-0.15, -0.1) is 11.8 Å². The zero-order valence-corrected chi connectivity index (χ0v) is 13.8. The molecule has 110 valence electrons. The van der Waals surface area contributed by atoms with E-state index in [1.807, 2.05) is 25.6 Å². The van der Waals surface area contributed by atoms with E-state index in [2.05, 4.69) is 31.0 Å². The smallest absolute Gasteiger partial charge is 0.220 e. The van der Waals surface area contributed by atoms with Gasteiger partial charge < -0.3 is 10.2 Å². The van der Waals surface area contributed by atoms with Crippen LogP contribution in [0.15, 0.2) is 10.6 Å². The predicted molar refractivity (Wildman–Crippen MR) is 84.1 cm³/mol. The summed E-state index contributed by atoms with van der Waals surface area (Å²) in [7, 11) is 0. The molecule has 1 aliphatic heterocycles. The SMILES string of the molecule is C/C(CCC(=O)NC(C)C)=C1/SCCCN1C(C)C. The van der Waals surface area contributed by atoms with Crippen molar-refractivity contribution < 1.29 is 4.79 Å². The van der Waals surface area contributed by atoms with Crippen molar-refractivity contribution in [2.45, 2.75) is 66.0 Å². The van der Waals surface area contributed by atoms with Crippen molar-refractivity contribution in [2.24, 2.45) is 0 Å². The van der Waals surface area contributed by atoms with Crippen molar-refractivity contribution in [3.8, 4) is 0 Å². The third-order valence-electron chi connectivity index (χ3n) is 3.21. The first-order valence-electron chi connectivity index (χ1n) is 7.30. The quantitative estimate of drug-likeness (QED) is 0.840. The molecule has 1 heterocycles. The number of carbonyl (C=O) groups is 1. The Morgan fingerprint density at radius 3 is 2.58 bits per heavy atom. The molecule has 0 aromatic carbocycles. The Hall–Kier alpha value is -0.640. The first-order chi connectivity index (χ1) is 8.91. The lowest BCUT2D eigenvalue weighted by atomic mass is 10.1. The van der Waals surface area contributed by atoms with Crippen LogP contribution in [0.5, 0.6) is 0 Å². The van der Waals surface area contributed by atoms with E-state index in [0.717, 1.165) is 13.0 Å². The Kier molecular flexibility index (Phi) is 6.76. The van der Waals surface area contributed by atoms with E-state index in [1.165, 1.54) is 22.8 Å². The maximum Gasteiger partial charge on any atom is 0.220 e. The van der Waals surface area contributed by atoms with E-state index in [4.69, 9.17) is 0 Å². The minimum atomic E-state index is 0.159. The summed E-state index contributed by atoms with van der Waals surface area (Å²) in [5.74, 6) is 1.36. The van der Waals surface area contributed by atoms with E-state index in [-0.39, 0.29) is 11.9 Å². The summed E-state index contributed by atoms with van der Waals surface area (Å²) in [6.07, 6.45) is 2.72. The van der Waals surface area contributed by atoms with E-state index >= 15 is 0 Å². The number of amides is 1. The van der Waals surface area contributed by atoms with Crippen LogP contribution in [0.1, 0.15) is 53.9 Å². The van der Waals surface area contributed by atoms with Crippen molar-refractivity contribution in [1.29, 1.82) is 0 Å². The molecule has 0 bridgehead atoms. The lowest BCUT2D eigenvalue weighted by molar-refractivity contribution is -0.121. The highest BCUT2D eigenvalue weighted by molar-refractivity contribution is 8.03. The van der Waals surface area contributed by atoms with Gasteiger partial charge in [-0.1, -0.05) is 0 Å². The van der Waals surface area contributed by atoms with Crippen LogP contribution in [0.25, 0.3) is 0 Å². The molecule has 1 rings (SSSR count). The van der Waals surface area contributed by atoms with Gasteiger partial charge in [0.05, 0.1) is 5.03 Å². The minimum absolute atomic E-state index is 0.159. The van der Waals surface area contributed by atoms with Gasteiger partial charge in [-0.25, -0.2) is 0 Å². The third kappa shape index (κ3) is 5.47. The number of hydrogen-bond acceptors (Lipinski definition) is 3. The molecule has 1 N–H and O–H groups in total. The van der Waals surface area contributed by atoms with Gasteiger partial charge in [0.15, 0.2) is 0 Å². The molecule has 0 unspecified atom stereocenters. The fourth-order valence-corrected chi connectivity index (χ4v) is 3.53. The van der Waals surface area contributed by atoms with Crippen LogP contribution < -0.4 is 5.32 Å². The molecule has 0 aromatic heterocycles. The number of hydrogen-bond donors (Lipinski definition) is 1. The highest BCUT2D eigenvalue weighted by atomic mass is 32.2. The Balaban J connectivity index is 2.59. The van der Waals surface area contributed by atoms with E-state index < -0.39 is 0 Å². The van der Waals surface area contributed by atoms with Crippen LogP contribution in [0.2, 0.25) is 0 Å². The van der Waals surface area contributed by atoms with Gasteiger partial charge in [-0.3, -0.25) is 4.79 Å². The summed E-state index contributed by atoms with van der Waals surface area (Å²) in [6, 6.07) is 0.777. The average Bonchev–Trinajstić information content (AvgIpc) is 2.35. The second kappa shape index (κ2) is 7.83. The molecule has 1 amide bonds. The fourth-order valence-electron chi connectivity index (χ4n) is 2.25. The molecule has 0 spiro atoms. The maximum absolute atomic E-state index is 11.7. The van der Waals surface area contributed by atoms with Crippen molar-refractivity contribution >= 4 is 17.7 Å². The number of nitrogens with zero attached hydrogens (tertiary/aromatic N) is 1. The van der Waals surface area contributed by atoms with Gasteiger partial charge in [0, 0.05) is 30.8 Å². The highest BCUT2D eigenvalue weighted by Crippen LogP contribution is 2.32. The molecular weight excluding hydrogens is 256 g/mol. The van der Waals surface area contributed by atoms with Gasteiger partial charge >= 0.3 is 0 Å². The van der Waals surface area contributed by atoms with Crippen LogP contribution in [-0.2, 0) is 4.79 Å². The molecule has 0 atom stereocenters. The van der Waals surface area contributed by atoms with Crippen LogP contribution in [-0.4, -0.2) is 35.2 Å². The Bertz CT molecular complexity index is 337. The monoisotopic (exact) mass is 284 g/mol. The normalized spacial score (nSPS) is 19.0. The van der Waals surface area contributed by atoms with E-state index in [0.29, 0.717) is 12.5 Å². The highest BCUT2D eigenvalue weighted by Gasteiger charge is 2.20. The summed E-state index contributed by atoms with van der Waals surface area (Å²) in [5, 5.41) is 4.35. The molecule has 1 fully saturated rings. The first-order valence-corrected chi connectivity index (χ1v) is 8.29. The average molecular weight is 284 g/mol. The standard InChI is InChI=1S/C15H28N2OS/c1-11(2)16-14(18)8-7-13(5)15-17(12(3)4)9-6-10-19-15/h11-12H,6-10H2,1-5H3,(H,16,18)/b15-13-. The topological polar surface area (TPSA) is 32.3 Å². The molecule has 0 aromatic rings. The third-order valence-corrected chi connectivity index (χ3v) is 4.56. The summed E-state index contributed by atoms with van der Waals surface area (Å²) in [6.45, 7) is 11.8. The van der Waals surface area contributed by atoms with Crippen LogP contribution in [0.4, 0.5) is 0 Å². The molecule has 0 aliphatic carbocycles. The van der Waals surface area contributed by atoms with Crippen LogP contribution in [0, 0.1) is 0 Å². The van der Waals surface area contributed by atoms with Crippen molar-refractivity contribution in [3.63, 3.8) is 0 Å². The minimum Gasteiger partial charge on any atom is -0.364 e. The van der Waals surface area contributed by atoms with Crippen molar-refractivity contribution in [1.82, 2.24) is 10.2 Å². The van der Waals surface area contributed by atoms with E-state index in [1.54, 1.807) is 0 Å². The molecular formula is C15H28N2OS.